The zero-order chi connectivity index (χ0) is 20.1. The van der Waals surface area contributed by atoms with Gasteiger partial charge >= 0.3 is 10.1 Å². The molecule has 28 heavy (non-hydrogen) atoms. The molecule has 0 saturated carbocycles. The maximum atomic E-state index is 12.8. The van der Waals surface area contributed by atoms with Crippen LogP contribution in [0.25, 0.3) is 23.3 Å². The molecule has 4 nitrogen and oxygen atoms in total. The van der Waals surface area contributed by atoms with Crippen LogP contribution in [0, 0.1) is 5.82 Å². The van der Waals surface area contributed by atoms with Crippen LogP contribution in [0.2, 0.25) is 0 Å². The SMILES string of the molecule is O=C(/C=C/c1ccc(F)cc1)/C=C/c1ccc(-c2ccsc2S(=O)(=O)O)cc1. The Morgan fingerprint density at radius 2 is 1.43 bits per heavy atom. The number of hydrogen-bond acceptors (Lipinski definition) is 4. The Hall–Kier alpha value is -2.87. The minimum absolute atomic E-state index is 0.100. The minimum atomic E-state index is -4.27. The number of halogens is 1. The number of carbonyl (C=O) groups is 1. The summed E-state index contributed by atoms with van der Waals surface area (Å²) < 4.78 is 44.8. The lowest BCUT2D eigenvalue weighted by atomic mass is 10.1. The average molecular weight is 414 g/mol. The first-order chi connectivity index (χ1) is 13.3. The Morgan fingerprint density at radius 3 is 1.96 bits per heavy atom. The molecule has 0 spiro atoms. The van der Waals surface area contributed by atoms with Gasteiger partial charge in [0.1, 0.15) is 5.82 Å². The van der Waals surface area contributed by atoms with E-state index in [4.69, 9.17) is 0 Å². The van der Waals surface area contributed by atoms with Crippen molar-refractivity contribution in [3.63, 3.8) is 0 Å². The number of allylic oxidation sites excluding steroid dienone is 2. The van der Waals surface area contributed by atoms with E-state index in [2.05, 4.69) is 0 Å². The third kappa shape index (κ3) is 5.10. The fraction of sp³-hybridized carbons (Fsp3) is 0. The second-order valence-corrected chi connectivity index (χ2v) is 8.37. The monoisotopic (exact) mass is 414 g/mol. The van der Waals surface area contributed by atoms with Gasteiger partial charge in [0, 0.05) is 5.56 Å². The van der Waals surface area contributed by atoms with E-state index >= 15 is 0 Å². The Labute approximate surface area is 166 Å². The highest BCUT2D eigenvalue weighted by Crippen LogP contribution is 2.32. The topological polar surface area (TPSA) is 71.4 Å². The summed E-state index contributed by atoms with van der Waals surface area (Å²) in [5.41, 5.74) is 2.56. The smallest absolute Gasteiger partial charge is 0.290 e. The fourth-order valence-electron chi connectivity index (χ4n) is 2.47. The van der Waals surface area contributed by atoms with E-state index in [9.17, 15) is 22.2 Å². The van der Waals surface area contributed by atoms with E-state index in [0.29, 0.717) is 11.1 Å². The van der Waals surface area contributed by atoms with Gasteiger partial charge in [-0.1, -0.05) is 48.6 Å². The predicted molar refractivity (Wildman–Crippen MR) is 109 cm³/mol. The Morgan fingerprint density at radius 1 is 0.893 bits per heavy atom. The van der Waals surface area contributed by atoms with Crippen molar-refractivity contribution in [3.8, 4) is 11.1 Å². The zero-order valence-corrected chi connectivity index (χ0v) is 16.1. The lowest BCUT2D eigenvalue weighted by molar-refractivity contribution is -0.110. The largest absolute Gasteiger partial charge is 0.304 e. The number of hydrogen-bond donors (Lipinski definition) is 1. The van der Waals surface area contributed by atoms with Gasteiger partial charge in [-0.15, -0.1) is 11.3 Å². The van der Waals surface area contributed by atoms with Gasteiger partial charge < -0.3 is 0 Å². The first-order valence-electron chi connectivity index (χ1n) is 8.14. The summed E-state index contributed by atoms with van der Waals surface area (Å²) in [7, 11) is -4.27. The molecule has 142 valence electrons. The molecule has 1 heterocycles. The van der Waals surface area contributed by atoms with Gasteiger partial charge in [-0.2, -0.15) is 8.42 Å². The van der Waals surface area contributed by atoms with Crippen LogP contribution < -0.4 is 0 Å². The molecule has 0 radical (unpaired) electrons. The molecule has 0 bridgehead atoms. The van der Waals surface area contributed by atoms with Crippen molar-refractivity contribution < 1.29 is 22.2 Å². The van der Waals surface area contributed by atoms with Crippen molar-refractivity contribution in [2.24, 2.45) is 0 Å². The van der Waals surface area contributed by atoms with Crippen LogP contribution in [-0.2, 0) is 14.9 Å². The van der Waals surface area contributed by atoms with Crippen molar-refractivity contribution in [1.82, 2.24) is 0 Å². The lowest BCUT2D eigenvalue weighted by Crippen LogP contribution is -1.96. The van der Waals surface area contributed by atoms with Crippen LogP contribution >= 0.6 is 11.3 Å². The molecule has 0 saturated heterocycles. The highest BCUT2D eigenvalue weighted by Gasteiger charge is 2.18. The summed E-state index contributed by atoms with van der Waals surface area (Å²) >= 11 is 0.949. The molecular weight excluding hydrogens is 399 g/mol. The summed E-state index contributed by atoms with van der Waals surface area (Å²) in [6.45, 7) is 0. The molecule has 0 amide bonds. The average Bonchev–Trinajstić information content (AvgIpc) is 3.17. The summed E-state index contributed by atoms with van der Waals surface area (Å²) in [6.07, 6.45) is 6.03. The quantitative estimate of drug-likeness (QED) is 0.450. The van der Waals surface area contributed by atoms with Crippen LogP contribution in [0.4, 0.5) is 4.39 Å². The first kappa shape index (κ1) is 19.9. The second kappa shape index (κ2) is 8.43. The van der Waals surface area contributed by atoms with Gasteiger partial charge in [-0.05, 0) is 52.4 Å². The summed E-state index contributed by atoms with van der Waals surface area (Å²) in [6, 6.07) is 14.3. The molecule has 7 heteroatoms. The molecule has 0 aliphatic heterocycles. The van der Waals surface area contributed by atoms with Crippen molar-refractivity contribution in [2.75, 3.05) is 0 Å². The first-order valence-corrected chi connectivity index (χ1v) is 10.5. The van der Waals surface area contributed by atoms with Gasteiger partial charge in [0.2, 0.25) is 0 Å². The number of rotatable bonds is 6. The van der Waals surface area contributed by atoms with E-state index in [1.54, 1.807) is 60.0 Å². The van der Waals surface area contributed by atoms with E-state index < -0.39 is 10.1 Å². The van der Waals surface area contributed by atoms with Crippen LogP contribution in [0.3, 0.4) is 0 Å². The van der Waals surface area contributed by atoms with Crippen molar-refractivity contribution >= 4 is 39.4 Å². The van der Waals surface area contributed by atoms with Crippen LogP contribution in [0.5, 0.6) is 0 Å². The zero-order valence-electron chi connectivity index (χ0n) is 14.4. The molecule has 2 aromatic carbocycles. The second-order valence-electron chi connectivity index (χ2n) is 5.84. The van der Waals surface area contributed by atoms with Crippen molar-refractivity contribution in [1.29, 1.82) is 0 Å². The summed E-state index contributed by atoms with van der Waals surface area (Å²) in [5.74, 6) is -0.558. The molecule has 0 unspecified atom stereocenters. The maximum Gasteiger partial charge on any atom is 0.304 e. The van der Waals surface area contributed by atoms with E-state index in [0.717, 1.165) is 22.5 Å². The normalized spacial score (nSPS) is 12.1. The highest BCUT2D eigenvalue weighted by atomic mass is 32.3. The molecule has 1 aromatic heterocycles. The van der Waals surface area contributed by atoms with Gasteiger partial charge in [0.15, 0.2) is 9.99 Å². The van der Waals surface area contributed by atoms with E-state index in [-0.39, 0.29) is 15.8 Å². The Kier molecular flexibility index (Phi) is 5.99. The number of ketones is 1. The lowest BCUT2D eigenvalue weighted by Gasteiger charge is -2.02. The number of thiophene rings is 1. The summed E-state index contributed by atoms with van der Waals surface area (Å²) in [4.78, 5) is 11.9. The number of carbonyl (C=O) groups excluding carboxylic acids is 1. The molecule has 0 aliphatic rings. The third-order valence-corrected chi connectivity index (χ3v) is 6.15. The van der Waals surface area contributed by atoms with Gasteiger partial charge in [0.05, 0.1) is 0 Å². The van der Waals surface area contributed by atoms with Crippen molar-refractivity contribution in [3.05, 3.63) is 89.1 Å². The number of benzene rings is 2. The Balaban J connectivity index is 1.69. The molecule has 0 aliphatic carbocycles. The predicted octanol–water partition coefficient (Wildman–Crippen LogP) is 5.10. The molecule has 1 N–H and O–H groups in total. The molecule has 3 rings (SSSR count). The van der Waals surface area contributed by atoms with Crippen molar-refractivity contribution in [2.45, 2.75) is 4.21 Å². The van der Waals surface area contributed by atoms with E-state index in [1.165, 1.54) is 24.3 Å². The minimum Gasteiger partial charge on any atom is -0.290 e. The van der Waals surface area contributed by atoms with Crippen LogP contribution in [-0.4, -0.2) is 18.8 Å². The van der Waals surface area contributed by atoms with Crippen LogP contribution in [0.1, 0.15) is 11.1 Å². The molecule has 0 fully saturated rings. The molecule has 0 atom stereocenters. The maximum absolute atomic E-state index is 12.8. The fourth-order valence-corrected chi connectivity index (χ4v) is 4.23. The summed E-state index contributed by atoms with van der Waals surface area (Å²) in [5, 5.41) is 1.60. The van der Waals surface area contributed by atoms with E-state index in [1.807, 2.05) is 0 Å². The molecular formula is C21H15FO4S2. The standard InChI is InChI=1S/C21H15FO4S2/c22-18-9-3-16(4-10-18)6-12-19(23)11-5-15-1-7-17(8-2-15)20-13-14-27-21(20)28(24,25)26/h1-14H,(H,24,25,26)/b11-5+,12-6+. The third-order valence-electron chi connectivity index (χ3n) is 3.84. The molecule has 3 aromatic rings. The van der Waals surface area contributed by atoms with Gasteiger partial charge in [-0.25, -0.2) is 4.39 Å². The highest BCUT2D eigenvalue weighted by molar-refractivity contribution is 7.88. The van der Waals surface area contributed by atoms with Gasteiger partial charge in [0.25, 0.3) is 0 Å². The van der Waals surface area contributed by atoms with Gasteiger partial charge in [-0.3, -0.25) is 9.35 Å². The van der Waals surface area contributed by atoms with Crippen LogP contribution in [0.15, 0.2) is 76.3 Å². The Bertz CT molecular complexity index is 1140.